The highest BCUT2D eigenvalue weighted by Gasteiger charge is 2.31. The predicted molar refractivity (Wildman–Crippen MR) is 100 cm³/mol. The Morgan fingerprint density at radius 2 is 1.84 bits per heavy atom. The number of hydrogen-bond acceptors (Lipinski definition) is 4. The Hall–Kier alpha value is -2.57. The molecule has 2 unspecified atom stereocenters. The van der Waals surface area contributed by atoms with Gasteiger partial charge in [-0.3, -0.25) is 19.1 Å². The Morgan fingerprint density at radius 1 is 1.16 bits per heavy atom. The second kappa shape index (κ2) is 6.74. The lowest BCUT2D eigenvalue weighted by Gasteiger charge is -2.27. The third-order valence-electron chi connectivity index (χ3n) is 5.20. The normalized spacial score (nSPS) is 18.8. The molecule has 2 aromatic rings. The van der Waals surface area contributed by atoms with E-state index < -0.39 is 11.2 Å². The van der Waals surface area contributed by atoms with Gasteiger partial charge in [-0.1, -0.05) is 44.1 Å². The summed E-state index contributed by atoms with van der Waals surface area (Å²) in [5, 5.41) is 3.14. The van der Waals surface area contributed by atoms with Crippen LogP contribution in [0.5, 0.6) is 0 Å². The SMILES string of the molecule is CBC(C)C(C)n1c(=O)[nH]c2c(c1=O)C(=O)C[C@H](c1ccccc1)N2. The summed E-state index contributed by atoms with van der Waals surface area (Å²) in [6.07, 6.45) is 0.190. The van der Waals surface area contributed by atoms with Crippen LogP contribution in [0.15, 0.2) is 39.9 Å². The molecule has 130 valence electrons. The maximum absolute atomic E-state index is 12.8. The van der Waals surface area contributed by atoms with Crippen LogP contribution in [-0.4, -0.2) is 22.6 Å². The van der Waals surface area contributed by atoms with Gasteiger partial charge in [0.05, 0.1) is 6.04 Å². The van der Waals surface area contributed by atoms with E-state index in [2.05, 4.69) is 10.3 Å². The number of aromatic amines is 1. The number of carbonyl (C=O) groups is 1. The van der Waals surface area contributed by atoms with Gasteiger partial charge in [-0.25, -0.2) is 4.79 Å². The van der Waals surface area contributed by atoms with Crippen LogP contribution in [0.3, 0.4) is 0 Å². The number of carbonyl (C=O) groups excluding carboxylic acids is 1. The number of hydrogen-bond donors (Lipinski definition) is 2. The van der Waals surface area contributed by atoms with Crippen LogP contribution in [-0.2, 0) is 0 Å². The quantitative estimate of drug-likeness (QED) is 0.836. The zero-order valence-corrected chi connectivity index (χ0v) is 14.7. The second-order valence-electron chi connectivity index (χ2n) is 6.72. The lowest BCUT2D eigenvalue weighted by Crippen LogP contribution is -2.44. The summed E-state index contributed by atoms with van der Waals surface area (Å²) in [5.74, 6) is 0.141. The molecule has 0 aliphatic carbocycles. The largest absolute Gasteiger partial charge is 0.363 e. The lowest BCUT2D eigenvalue weighted by atomic mass is 9.65. The molecule has 7 heteroatoms. The minimum Gasteiger partial charge on any atom is -0.363 e. The first-order valence-corrected chi connectivity index (χ1v) is 8.67. The van der Waals surface area contributed by atoms with E-state index in [0.29, 0.717) is 0 Å². The van der Waals surface area contributed by atoms with Gasteiger partial charge in [0.1, 0.15) is 18.7 Å². The van der Waals surface area contributed by atoms with E-state index in [1.165, 1.54) is 4.57 Å². The molecule has 0 saturated carbocycles. The highest BCUT2D eigenvalue weighted by molar-refractivity contribution is 6.35. The van der Waals surface area contributed by atoms with E-state index in [1.54, 1.807) is 0 Å². The van der Waals surface area contributed by atoms with Crippen molar-refractivity contribution in [2.45, 2.75) is 45.0 Å². The van der Waals surface area contributed by atoms with E-state index in [-0.39, 0.29) is 41.5 Å². The van der Waals surface area contributed by atoms with Crippen LogP contribution in [0.1, 0.15) is 48.3 Å². The number of anilines is 1. The van der Waals surface area contributed by atoms with Gasteiger partial charge in [0, 0.05) is 12.5 Å². The summed E-state index contributed by atoms with van der Waals surface area (Å²) in [6.45, 7) is 5.84. The molecule has 1 aliphatic heterocycles. The van der Waals surface area contributed by atoms with Crippen molar-refractivity contribution >= 4 is 18.9 Å². The zero-order chi connectivity index (χ0) is 18.1. The first kappa shape index (κ1) is 17.3. The third-order valence-corrected chi connectivity index (χ3v) is 5.20. The molecule has 1 aromatic carbocycles. The molecule has 1 aliphatic rings. The number of rotatable bonds is 4. The molecule has 0 bridgehead atoms. The van der Waals surface area contributed by atoms with Gasteiger partial charge in [0.15, 0.2) is 5.78 Å². The average molecular weight is 339 g/mol. The number of nitrogens with one attached hydrogen (secondary N) is 2. The van der Waals surface area contributed by atoms with Crippen molar-refractivity contribution in [2.75, 3.05) is 5.32 Å². The lowest BCUT2D eigenvalue weighted by molar-refractivity contribution is 0.0969. The van der Waals surface area contributed by atoms with E-state index >= 15 is 0 Å². The fourth-order valence-corrected chi connectivity index (χ4v) is 3.28. The standard InChI is InChI=1S/C18H22BN3O3/c1-10(19-3)11(2)22-17(24)15-14(23)9-13(12-7-5-4-6-8-12)20-16(15)21-18(22)25/h4-8,10-11,13,19-20H,9H2,1-3H3,(H,21,25)/t10?,11?,13-/m1/s1. The molecule has 0 saturated heterocycles. The molecular formula is C18H22BN3O3. The van der Waals surface area contributed by atoms with Crippen LogP contribution < -0.4 is 16.6 Å². The van der Waals surface area contributed by atoms with Crippen LogP contribution >= 0.6 is 0 Å². The highest BCUT2D eigenvalue weighted by Crippen LogP contribution is 2.29. The van der Waals surface area contributed by atoms with Crippen LogP contribution in [0, 0.1) is 0 Å². The molecule has 0 spiro atoms. The van der Waals surface area contributed by atoms with Crippen LogP contribution in [0.4, 0.5) is 5.82 Å². The van der Waals surface area contributed by atoms with Crippen molar-refractivity contribution < 1.29 is 4.79 Å². The Bertz CT molecular complexity index is 904. The Morgan fingerprint density at radius 3 is 2.48 bits per heavy atom. The maximum atomic E-state index is 12.8. The van der Waals surface area contributed by atoms with Gasteiger partial charge < -0.3 is 5.32 Å². The van der Waals surface area contributed by atoms with Crippen molar-refractivity contribution in [1.29, 1.82) is 0 Å². The molecule has 1 aromatic heterocycles. The molecule has 0 radical (unpaired) electrons. The highest BCUT2D eigenvalue weighted by atomic mass is 16.2. The van der Waals surface area contributed by atoms with Crippen LogP contribution in [0.2, 0.25) is 12.6 Å². The summed E-state index contributed by atoms with van der Waals surface area (Å²) in [5.41, 5.74) is 0.0163. The molecule has 3 rings (SSSR count). The monoisotopic (exact) mass is 339 g/mol. The maximum Gasteiger partial charge on any atom is 0.330 e. The van der Waals surface area contributed by atoms with Gasteiger partial charge in [0.2, 0.25) is 0 Å². The zero-order valence-electron chi connectivity index (χ0n) is 14.7. The molecule has 25 heavy (non-hydrogen) atoms. The van der Waals surface area contributed by atoms with E-state index in [9.17, 15) is 14.4 Å². The third kappa shape index (κ3) is 3.06. The Balaban J connectivity index is 2.06. The second-order valence-corrected chi connectivity index (χ2v) is 6.72. The summed E-state index contributed by atoms with van der Waals surface area (Å²) in [4.78, 5) is 40.7. The number of nitrogens with zero attached hydrogens (tertiary/aromatic N) is 1. The molecule has 2 N–H and O–H groups in total. The summed E-state index contributed by atoms with van der Waals surface area (Å²) in [7, 11) is 0.840. The Kier molecular flexibility index (Phi) is 4.66. The summed E-state index contributed by atoms with van der Waals surface area (Å²) in [6, 6.07) is 9.00. The minimum atomic E-state index is -0.504. The van der Waals surface area contributed by atoms with Gasteiger partial charge >= 0.3 is 5.69 Å². The Labute approximate surface area is 146 Å². The van der Waals surface area contributed by atoms with Crippen molar-refractivity contribution in [3.63, 3.8) is 0 Å². The van der Waals surface area contributed by atoms with Crippen LogP contribution in [0.25, 0.3) is 0 Å². The number of ketones is 1. The van der Waals surface area contributed by atoms with Gasteiger partial charge in [0.25, 0.3) is 5.56 Å². The predicted octanol–water partition coefficient (Wildman–Crippen LogP) is 2.13. The molecular weight excluding hydrogens is 317 g/mol. The van der Waals surface area contributed by atoms with Gasteiger partial charge in [-0.15, -0.1) is 0 Å². The first-order valence-electron chi connectivity index (χ1n) is 8.67. The number of fused-ring (bicyclic) bond motifs is 1. The van der Waals surface area contributed by atoms with Crippen molar-refractivity contribution in [2.24, 2.45) is 0 Å². The number of H-pyrrole nitrogens is 1. The average Bonchev–Trinajstić information content (AvgIpc) is 2.60. The fraction of sp³-hybridized carbons (Fsp3) is 0.389. The summed E-state index contributed by atoms with van der Waals surface area (Å²) < 4.78 is 1.18. The van der Waals surface area contributed by atoms with Gasteiger partial charge in [-0.2, -0.15) is 0 Å². The molecule has 0 amide bonds. The number of Topliss-reactive ketones (excluding diaryl/α,β-unsaturated/α-hetero) is 1. The molecule has 3 atom stereocenters. The summed E-state index contributed by atoms with van der Waals surface area (Å²) >= 11 is 0. The van der Waals surface area contributed by atoms with E-state index in [4.69, 9.17) is 0 Å². The molecule has 6 nitrogen and oxygen atoms in total. The van der Waals surface area contributed by atoms with E-state index in [0.717, 1.165) is 12.8 Å². The number of aromatic nitrogens is 2. The van der Waals surface area contributed by atoms with Crippen molar-refractivity contribution in [1.82, 2.24) is 9.55 Å². The van der Waals surface area contributed by atoms with Crippen molar-refractivity contribution in [3.05, 3.63) is 62.3 Å². The minimum absolute atomic E-state index is 0.0573. The fourth-order valence-electron chi connectivity index (χ4n) is 3.28. The molecule has 0 fully saturated rings. The first-order chi connectivity index (χ1) is 11.9. The smallest absolute Gasteiger partial charge is 0.330 e. The van der Waals surface area contributed by atoms with Crippen molar-refractivity contribution in [3.8, 4) is 0 Å². The molecule has 2 heterocycles. The van der Waals surface area contributed by atoms with E-state index in [1.807, 2.05) is 51.0 Å². The number of benzene rings is 1. The topological polar surface area (TPSA) is 84.0 Å². The van der Waals surface area contributed by atoms with Gasteiger partial charge in [-0.05, 0) is 18.3 Å².